The van der Waals surface area contributed by atoms with E-state index < -0.39 is 20.6 Å². The van der Waals surface area contributed by atoms with Gasteiger partial charge in [0.15, 0.2) is 15.2 Å². The predicted octanol–water partition coefficient (Wildman–Crippen LogP) is 1.79. The number of alkyl halides is 1. The highest BCUT2D eigenvalue weighted by molar-refractivity contribution is 7.91. The SMILES string of the molecule is CC(C)(C)c1occ2c1N1C(=O)C(Cl)[C@H]1S(=O)(=O)C2. The zero-order valence-electron chi connectivity index (χ0n) is 10.8. The number of sulfone groups is 1. The normalized spacial score (nSPS) is 28.6. The zero-order valence-corrected chi connectivity index (χ0v) is 12.4. The molecule has 0 aromatic carbocycles. The maximum atomic E-state index is 12.1. The monoisotopic (exact) mass is 303 g/mol. The summed E-state index contributed by atoms with van der Waals surface area (Å²) in [5.41, 5.74) is 0.823. The number of rotatable bonds is 0. The lowest BCUT2D eigenvalue weighted by molar-refractivity contribution is -0.122. The molecule has 19 heavy (non-hydrogen) atoms. The van der Waals surface area contributed by atoms with E-state index in [0.29, 0.717) is 17.0 Å². The number of hydrogen-bond acceptors (Lipinski definition) is 4. The predicted molar refractivity (Wildman–Crippen MR) is 70.9 cm³/mol. The molecule has 104 valence electrons. The van der Waals surface area contributed by atoms with Crippen molar-refractivity contribution in [2.75, 3.05) is 4.90 Å². The summed E-state index contributed by atoms with van der Waals surface area (Å²) in [6, 6.07) is 0. The number of furan rings is 1. The number of anilines is 1. The van der Waals surface area contributed by atoms with Gasteiger partial charge in [0.05, 0.1) is 17.7 Å². The van der Waals surface area contributed by atoms with Crippen LogP contribution in [-0.4, -0.2) is 25.1 Å². The summed E-state index contributed by atoms with van der Waals surface area (Å²) >= 11 is 5.86. The highest BCUT2D eigenvalue weighted by atomic mass is 35.5. The van der Waals surface area contributed by atoms with E-state index in [2.05, 4.69) is 0 Å². The average Bonchev–Trinajstić information content (AvgIpc) is 2.66. The molecule has 1 fully saturated rings. The molecule has 2 atom stereocenters. The first-order valence-corrected chi connectivity index (χ1v) is 8.09. The number of amides is 1. The third kappa shape index (κ3) is 1.59. The topological polar surface area (TPSA) is 67.6 Å². The Labute approximate surface area is 116 Å². The molecule has 1 aromatic heterocycles. The van der Waals surface area contributed by atoms with Gasteiger partial charge in [-0.15, -0.1) is 11.6 Å². The van der Waals surface area contributed by atoms with Crippen molar-refractivity contribution >= 4 is 33.0 Å². The number of hydrogen-bond donors (Lipinski definition) is 0. The first-order chi connectivity index (χ1) is 8.64. The summed E-state index contributed by atoms with van der Waals surface area (Å²) in [4.78, 5) is 13.2. The van der Waals surface area contributed by atoms with E-state index >= 15 is 0 Å². The summed E-state index contributed by atoms with van der Waals surface area (Å²) in [5, 5.41) is -1.94. The van der Waals surface area contributed by atoms with Gasteiger partial charge in [-0.1, -0.05) is 20.8 Å². The molecule has 1 amide bonds. The minimum atomic E-state index is -3.44. The van der Waals surface area contributed by atoms with Gasteiger partial charge in [-0.05, 0) is 0 Å². The fraction of sp³-hybridized carbons (Fsp3) is 0.583. The summed E-state index contributed by atoms with van der Waals surface area (Å²) in [7, 11) is -3.44. The zero-order chi connectivity index (χ0) is 14.2. The Morgan fingerprint density at radius 2 is 2.05 bits per heavy atom. The van der Waals surface area contributed by atoms with Crippen molar-refractivity contribution < 1.29 is 17.6 Å². The van der Waals surface area contributed by atoms with Crippen molar-refractivity contribution in [1.29, 1.82) is 0 Å². The van der Waals surface area contributed by atoms with Gasteiger partial charge in [-0.2, -0.15) is 0 Å². The Hall–Kier alpha value is -1.01. The summed E-state index contributed by atoms with van der Waals surface area (Å²) in [6.07, 6.45) is 1.43. The van der Waals surface area contributed by atoms with Crippen LogP contribution >= 0.6 is 11.6 Å². The van der Waals surface area contributed by atoms with Gasteiger partial charge in [-0.25, -0.2) is 8.42 Å². The second-order valence-corrected chi connectivity index (χ2v) is 8.56. The molecule has 0 radical (unpaired) electrons. The van der Waals surface area contributed by atoms with Crippen LogP contribution < -0.4 is 4.90 Å². The van der Waals surface area contributed by atoms with Gasteiger partial charge in [0, 0.05) is 11.0 Å². The van der Waals surface area contributed by atoms with Crippen molar-refractivity contribution in [1.82, 2.24) is 0 Å². The van der Waals surface area contributed by atoms with Gasteiger partial charge in [0.25, 0.3) is 0 Å². The molecule has 0 saturated carbocycles. The molecule has 7 heteroatoms. The van der Waals surface area contributed by atoms with Crippen LogP contribution in [0.4, 0.5) is 5.69 Å². The molecule has 5 nitrogen and oxygen atoms in total. The number of carbonyl (C=O) groups is 1. The van der Waals surface area contributed by atoms with Crippen molar-refractivity contribution in [3.63, 3.8) is 0 Å². The molecule has 0 bridgehead atoms. The number of fused-ring (bicyclic) bond motifs is 3. The first-order valence-electron chi connectivity index (χ1n) is 5.94. The van der Waals surface area contributed by atoms with E-state index in [9.17, 15) is 13.2 Å². The molecule has 1 saturated heterocycles. The van der Waals surface area contributed by atoms with Gasteiger partial charge in [0.2, 0.25) is 5.91 Å². The minimum absolute atomic E-state index is 0.125. The minimum Gasteiger partial charge on any atom is -0.466 e. The van der Waals surface area contributed by atoms with Gasteiger partial charge in [0.1, 0.15) is 11.1 Å². The van der Waals surface area contributed by atoms with E-state index in [4.69, 9.17) is 16.0 Å². The van der Waals surface area contributed by atoms with Gasteiger partial charge >= 0.3 is 0 Å². The van der Waals surface area contributed by atoms with Crippen LogP contribution in [-0.2, 0) is 25.8 Å². The van der Waals surface area contributed by atoms with Crippen LogP contribution in [0, 0.1) is 0 Å². The summed E-state index contributed by atoms with van der Waals surface area (Å²) in [5.74, 6) is 0.127. The standard InChI is InChI=1S/C12H14ClNO4S/c1-12(2,3)9-8-6(4-18-9)5-19(16,17)11-7(13)10(15)14(8)11/h4,7,11H,5H2,1-3H3/t7?,11-/m1/s1. The second-order valence-electron chi connectivity index (χ2n) is 6.00. The van der Waals surface area contributed by atoms with Crippen LogP contribution in [0.25, 0.3) is 0 Å². The molecule has 3 rings (SSSR count). The van der Waals surface area contributed by atoms with E-state index in [1.54, 1.807) is 0 Å². The first kappa shape index (κ1) is 13.0. The molecular weight excluding hydrogens is 290 g/mol. The Morgan fingerprint density at radius 1 is 1.42 bits per heavy atom. The Bertz CT molecular complexity index is 670. The second kappa shape index (κ2) is 3.55. The molecule has 1 aromatic rings. The van der Waals surface area contributed by atoms with E-state index in [1.165, 1.54) is 11.2 Å². The number of carbonyl (C=O) groups excluding carboxylic acids is 1. The van der Waals surface area contributed by atoms with Gasteiger partial charge in [-0.3, -0.25) is 9.69 Å². The third-order valence-corrected chi connectivity index (χ3v) is 5.97. The fourth-order valence-corrected chi connectivity index (χ4v) is 5.11. The number of β-lactam (4-membered cyclic amide) rings is 1. The maximum absolute atomic E-state index is 12.1. The summed E-state index contributed by atoms with van der Waals surface area (Å²) in [6.45, 7) is 5.85. The smallest absolute Gasteiger partial charge is 0.249 e. The van der Waals surface area contributed by atoms with Crippen LogP contribution in [0.15, 0.2) is 10.7 Å². The Balaban J connectivity index is 2.22. The molecule has 0 spiro atoms. The summed E-state index contributed by atoms with van der Waals surface area (Å²) < 4.78 is 29.7. The van der Waals surface area contributed by atoms with Crippen LogP contribution in [0.2, 0.25) is 0 Å². The Kier molecular flexibility index (Phi) is 2.43. The van der Waals surface area contributed by atoms with Crippen LogP contribution in [0.3, 0.4) is 0 Å². The molecule has 2 aliphatic rings. The molecule has 2 aliphatic heterocycles. The lowest BCUT2D eigenvalue weighted by Gasteiger charge is -2.46. The molecule has 0 aliphatic carbocycles. The Morgan fingerprint density at radius 3 is 2.63 bits per heavy atom. The van der Waals surface area contributed by atoms with Crippen molar-refractivity contribution in [2.45, 2.75) is 42.7 Å². The van der Waals surface area contributed by atoms with Crippen molar-refractivity contribution in [3.8, 4) is 0 Å². The maximum Gasteiger partial charge on any atom is 0.249 e. The lowest BCUT2D eigenvalue weighted by atomic mass is 9.90. The molecule has 3 heterocycles. The van der Waals surface area contributed by atoms with Crippen molar-refractivity contribution in [2.24, 2.45) is 0 Å². The largest absolute Gasteiger partial charge is 0.466 e. The fourth-order valence-electron chi connectivity index (χ4n) is 2.60. The van der Waals surface area contributed by atoms with Crippen LogP contribution in [0.1, 0.15) is 32.1 Å². The average molecular weight is 304 g/mol. The quantitative estimate of drug-likeness (QED) is 0.541. The highest BCUT2D eigenvalue weighted by Crippen LogP contribution is 2.47. The van der Waals surface area contributed by atoms with Crippen LogP contribution in [0.5, 0.6) is 0 Å². The van der Waals surface area contributed by atoms with E-state index in [1.807, 2.05) is 20.8 Å². The lowest BCUT2D eigenvalue weighted by Crippen LogP contribution is -2.68. The molecular formula is C12H14ClNO4S. The highest BCUT2D eigenvalue weighted by Gasteiger charge is 2.59. The number of halogens is 1. The molecule has 0 N–H and O–H groups in total. The van der Waals surface area contributed by atoms with E-state index in [-0.39, 0.29) is 17.1 Å². The van der Waals surface area contributed by atoms with E-state index in [0.717, 1.165) is 0 Å². The molecule has 1 unspecified atom stereocenters. The van der Waals surface area contributed by atoms with Gasteiger partial charge < -0.3 is 4.42 Å². The number of nitrogens with zero attached hydrogens (tertiary/aromatic N) is 1. The third-order valence-electron chi connectivity index (χ3n) is 3.46. The van der Waals surface area contributed by atoms with Crippen molar-refractivity contribution in [3.05, 3.63) is 17.6 Å².